The standard InChI is InChI=1S/C33H57N5O7/c1-3-4-5-6-7-8-9-10-11-12-13-14-15-19-30(40)35-29(33(44)45)22-23-31(41)34-28(32(42)43)18-16-17-24-38-25-27(36-37-38)21-20-26(2)39/h25,28-29H,3-24H2,1-2H3,(H,34,41)(H,35,40)(H,42,43)(H,44,45)/t28-,29-/m0/s1. The van der Waals surface area contributed by atoms with Gasteiger partial charge in [0.2, 0.25) is 11.8 Å². The van der Waals surface area contributed by atoms with E-state index in [1.807, 2.05) is 0 Å². The van der Waals surface area contributed by atoms with Crippen LogP contribution in [0.1, 0.15) is 148 Å². The third kappa shape index (κ3) is 21.1. The van der Waals surface area contributed by atoms with Crippen LogP contribution in [0.4, 0.5) is 0 Å². The van der Waals surface area contributed by atoms with Crippen molar-refractivity contribution in [3.63, 3.8) is 0 Å². The van der Waals surface area contributed by atoms with Crippen molar-refractivity contribution in [2.45, 2.75) is 167 Å². The maximum atomic E-state index is 12.4. The molecule has 0 spiro atoms. The Bertz CT molecular complexity index is 1010. The fourth-order valence-electron chi connectivity index (χ4n) is 5.12. The minimum atomic E-state index is -1.23. The monoisotopic (exact) mass is 635 g/mol. The molecule has 0 fully saturated rings. The smallest absolute Gasteiger partial charge is 0.326 e. The van der Waals surface area contributed by atoms with Crippen LogP contribution in [0.3, 0.4) is 0 Å². The summed E-state index contributed by atoms with van der Waals surface area (Å²) in [5, 5.41) is 32.0. The molecule has 0 bridgehead atoms. The molecule has 0 radical (unpaired) electrons. The van der Waals surface area contributed by atoms with E-state index in [1.54, 1.807) is 10.9 Å². The zero-order valence-electron chi connectivity index (χ0n) is 27.6. The molecule has 2 amide bonds. The second kappa shape index (κ2) is 24.9. The van der Waals surface area contributed by atoms with E-state index in [0.717, 1.165) is 25.0 Å². The molecular formula is C33H57N5O7. The van der Waals surface area contributed by atoms with Gasteiger partial charge in [-0.1, -0.05) is 89.2 Å². The number of carbonyl (C=O) groups is 5. The Hall–Kier alpha value is -3.31. The number of aromatic nitrogens is 3. The molecule has 1 rings (SSSR count). The van der Waals surface area contributed by atoms with E-state index >= 15 is 0 Å². The van der Waals surface area contributed by atoms with Crippen molar-refractivity contribution in [2.75, 3.05) is 0 Å². The molecule has 4 N–H and O–H groups in total. The summed E-state index contributed by atoms with van der Waals surface area (Å²) >= 11 is 0. The Morgan fingerprint density at radius 1 is 0.689 bits per heavy atom. The van der Waals surface area contributed by atoms with Crippen LogP contribution in [-0.2, 0) is 36.9 Å². The Kier molecular flexibility index (Phi) is 22.0. The Labute approximate surface area is 268 Å². The van der Waals surface area contributed by atoms with E-state index in [9.17, 15) is 34.2 Å². The van der Waals surface area contributed by atoms with Gasteiger partial charge in [0.25, 0.3) is 0 Å². The largest absolute Gasteiger partial charge is 0.480 e. The van der Waals surface area contributed by atoms with Gasteiger partial charge in [0.05, 0.1) is 5.69 Å². The lowest BCUT2D eigenvalue weighted by Crippen LogP contribution is -2.43. The molecule has 0 saturated carbocycles. The SMILES string of the molecule is CCCCCCCCCCCCCCCC(=O)N[C@@H](CCC(=O)N[C@@H](CCCCn1cc(CCC(C)=O)nn1)C(=O)O)C(=O)O. The van der Waals surface area contributed by atoms with Crippen molar-refractivity contribution in [3.8, 4) is 0 Å². The van der Waals surface area contributed by atoms with Crippen molar-refractivity contribution in [3.05, 3.63) is 11.9 Å². The molecular weight excluding hydrogens is 578 g/mol. The van der Waals surface area contributed by atoms with E-state index < -0.39 is 29.9 Å². The molecule has 1 heterocycles. The number of carboxylic acid groups (broad SMARTS) is 2. The number of hydrogen-bond donors (Lipinski definition) is 4. The zero-order valence-corrected chi connectivity index (χ0v) is 27.6. The number of nitrogens with one attached hydrogen (secondary N) is 2. The normalized spacial score (nSPS) is 12.4. The summed E-state index contributed by atoms with van der Waals surface area (Å²) in [6, 6.07) is -2.32. The number of Topliss-reactive ketones (excluding diaryl/α,β-unsaturated/α-hetero) is 1. The second-order valence-electron chi connectivity index (χ2n) is 12.1. The van der Waals surface area contributed by atoms with Crippen molar-refractivity contribution in [1.29, 1.82) is 0 Å². The lowest BCUT2D eigenvalue weighted by atomic mass is 10.0. The van der Waals surface area contributed by atoms with Gasteiger partial charge >= 0.3 is 11.9 Å². The summed E-state index contributed by atoms with van der Waals surface area (Å²) in [6.45, 7) is 4.27. The maximum Gasteiger partial charge on any atom is 0.326 e. The number of hydrogen-bond acceptors (Lipinski definition) is 7. The van der Waals surface area contributed by atoms with E-state index in [4.69, 9.17) is 0 Å². The minimum absolute atomic E-state index is 0.0785. The summed E-state index contributed by atoms with van der Waals surface area (Å²) in [7, 11) is 0. The lowest BCUT2D eigenvalue weighted by Gasteiger charge is -2.17. The van der Waals surface area contributed by atoms with Crippen LogP contribution in [0, 0.1) is 0 Å². The van der Waals surface area contributed by atoms with E-state index in [-0.39, 0.29) is 37.4 Å². The predicted molar refractivity (Wildman–Crippen MR) is 172 cm³/mol. The number of nitrogens with zero attached hydrogens (tertiary/aromatic N) is 3. The van der Waals surface area contributed by atoms with Gasteiger partial charge in [-0.3, -0.25) is 14.3 Å². The zero-order chi connectivity index (χ0) is 33.3. The topological polar surface area (TPSA) is 181 Å². The summed E-state index contributed by atoms with van der Waals surface area (Å²) in [5.41, 5.74) is 0.719. The maximum absolute atomic E-state index is 12.4. The first kappa shape index (κ1) is 39.7. The Morgan fingerprint density at radius 3 is 1.73 bits per heavy atom. The van der Waals surface area contributed by atoms with Crippen LogP contribution >= 0.6 is 0 Å². The van der Waals surface area contributed by atoms with Crippen LogP contribution < -0.4 is 10.6 Å². The minimum Gasteiger partial charge on any atom is -0.480 e. The molecule has 2 atom stereocenters. The lowest BCUT2D eigenvalue weighted by molar-refractivity contribution is -0.143. The quantitative estimate of drug-likeness (QED) is 0.0842. The van der Waals surface area contributed by atoms with E-state index in [1.165, 1.54) is 64.7 Å². The molecule has 0 aliphatic rings. The van der Waals surface area contributed by atoms with Crippen LogP contribution in [0.15, 0.2) is 6.20 Å². The number of rotatable bonds is 29. The number of ketones is 1. The highest BCUT2D eigenvalue weighted by atomic mass is 16.4. The molecule has 256 valence electrons. The molecule has 0 aromatic carbocycles. The van der Waals surface area contributed by atoms with Gasteiger partial charge in [-0.2, -0.15) is 0 Å². The number of aryl methyl sites for hydroxylation is 2. The first-order valence-electron chi connectivity index (χ1n) is 17.0. The van der Waals surface area contributed by atoms with Crippen molar-refractivity contribution < 1.29 is 34.2 Å². The molecule has 45 heavy (non-hydrogen) atoms. The van der Waals surface area contributed by atoms with Crippen LogP contribution in [0.25, 0.3) is 0 Å². The predicted octanol–water partition coefficient (Wildman–Crippen LogP) is 5.37. The van der Waals surface area contributed by atoms with Crippen LogP contribution in [0.5, 0.6) is 0 Å². The van der Waals surface area contributed by atoms with E-state index in [2.05, 4.69) is 27.9 Å². The van der Waals surface area contributed by atoms with Gasteiger partial charge in [-0.15, -0.1) is 5.10 Å². The average Bonchev–Trinajstić information content (AvgIpc) is 3.45. The molecule has 0 unspecified atom stereocenters. The average molecular weight is 636 g/mol. The van der Waals surface area contributed by atoms with E-state index in [0.29, 0.717) is 38.6 Å². The van der Waals surface area contributed by atoms with Crippen molar-refractivity contribution in [1.82, 2.24) is 25.6 Å². The first-order valence-corrected chi connectivity index (χ1v) is 17.0. The highest BCUT2D eigenvalue weighted by molar-refractivity contribution is 5.86. The molecule has 1 aromatic rings. The summed E-state index contributed by atoms with van der Waals surface area (Å²) in [6.07, 6.45) is 19.4. The molecule has 1 aromatic heterocycles. The van der Waals surface area contributed by atoms with Gasteiger partial charge < -0.3 is 25.6 Å². The Balaban J connectivity index is 2.22. The highest BCUT2D eigenvalue weighted by Gasteiger charge is 2.23. The Morgan fingerprint density at radius 2 is 1.20 bits per heavy atom. The molecule has 12 heteroatoms. The van der Waals surface area contributed by atoms with Gasteiger partial charge in [-0.25, -0.2) is 9.59 Å². The first-order chi connectivity index (χ1) is 21.6. The highest BCUT2D eigenvalue weighted by Crippen LogP contribution is 2.13. The van der Waals surface area contributed by atoms with Crippen molar-refractivity contribution >= 4 is 29.5 Å². The van der Waals surface area contributed by atoms with Crippen LogP contribution in [-0.4, -0.2) is 66.8 Å². The molecule has 12 nitrogen and oxygen atoms in total. The number of aliphatic carboxylic acids is 2. The number of amides is 2. The molecule has 0 saturated heterocycles. The summed E-state index contributed by atoms with van der Waals surface area (Å²) < 4.78 is 1.64. The van der Waals surface area contributed by atoms with Crippen LogP contribution in [0.2, 0.25) is 0 Å². The summed E-state index contributed by atoms with van der Waals surface area (Å²) in [4.78, 5) is 59.2. The third-order valence-electron chi connectivity index (χ3n) is 7.88. The third-order valence-corrected chi connectivity index (χ3v) is 7.88. The van der Waals surface area contributed by atoms with Gasteiger partial charge in [-0.05, 0) is 45.4 Å². The fraction of sp³-hybridized carbons (Fsp3) is 0.788. The van der Waals surface area contributed by atoms with Gasteiger partial charge in [0.1, 0.15) is 17.9 Å². The summed E-state index contributed by atoms with van der Waals surface area (Å²) in [5.74, 6) is -3.25. The number of unbranched alkanes of at least 4 members (excludes halogenated alkanes) is 13. The van der Waals surface area contributed by atoms with Crippen molar-refractivity contribution in [2.24, 2.45) is 0 Å². The van der Waals surface area contributed by atoms with Gasteiger partial charge in [0.15, 0.2) is 0 Å². The van der Waals surface area contributed by atoms with Gasteiger partial charge in [0, 0.05) is 32.0 Å². The second-order valence-corrected chi connectivity index (χ2v) is 12.1. The molecule has 0 aliphatic carbocycles. The number of carboxylic acids is 2. The number of carbonyl (C=O) groups excluding carboxylic acids is 3. The molecule has 0 aliphatic heterocycles. The fourth-order valence-corrected chi connectivity index (χ4v) is 5.12.